The Bertz CT molecular complexity index is 751. The second kappa shape index (κ2) is 7.50. The molecule has 1 aromatic carbocycles. The van der Waals surface area contributed by atoms with E-state index in [-0.39, 0.29) is 6.03 Å². The molecule has 1 aromatic heterocycles. The maximum Gasteiger partial charge on any atom is 0.317 e. The molecule has 0 unspecified atom stereocenters. The van der Waals surface area contributed by atoms with E-state index in [0.717, 1.165) is 54.1 Å². The van der Waals surface area contributed by atoms with Gasteiger partial charge in [-0.25, -0.2) is 9.78 Å². The normalized spacial score (nSPS) is 19.4. The fraction of sp³-hybridized carbons (Fsp3) is 0.556. The van der Waals surface area contributed by atoms with Crippen molar-refractivity contribution in [2.75, 3.05) is 31.1 Å². The summed E-state index contributed by atoms with van der Waals surface area (Å²) in [7, 11) is 0. The molecule has 7 heteroatoms. The second-order valence-corrected chi connectivity index (χ2v) is 8.79. The molecule has 25 heavy (non-hydrogen) atoms. The summed E-state index contributed by atoms with van der Waals surface area (Å²) in [5, 5.41) is 4.28. The summed E-state index contributed by atoms with van der Waals surface area (Å²) in [4.78, 5) is 21.5. The summed E-state index contributed by atoms with van der Waals surface area (Å²) in [6.45, 7) is 3.22. The van der Waals surface area contributed by atoms with Crippen LogP contribution in [0.3, 0.4) is 0 Å². The summed E-state index contributed by atoms with van der Waals surface area (Å²) in [5.41, 5.74) is 1.04. The van der Waals surface area contributed by atoms with Gasteiger partial charge in [0, 0.05) is 36.7 Å². The summed E-state index contributed by atoms with van der Waals surface area (Å²) in [6, 6.07) is 6.68. The van der Waals surface area contributed by atoms with Gasteiger partial charge in [-0.1, -0.05) is 46.5 Å². The smallest absolute Gasteiger partial charge is 0.317 e. The third kappa shape index (κ3) is 3.92. The second-order valence-electron chi connectivity index (χ2n) is 6.87. The van der Waals surface area contributed by atoms with Crippen LogP contribution in [-0.2, 0) is 0 Å². The monoisotopic (exact) mass is 422 g/mol. The molecule has 1 aliphatic carbocycles. The van der Waals surface area contributed by atoms with E-state index in [1.54, 1.807) is 11.3 Å². The van der Waals surface area contributed by atoms with Crippen LogP contribution in [0, 0.1) is 0 Å². The topological polar surface area (TPSA) is 48.5 Å². The van der Waals surface area contributed by atoms with E-state index in [4.69, 9.17) is 4.98 Å². The first-order valence-corrected chi connectivity index (χ1v) is 10.7. The number of hydrogen-bond acceptors (Lipinski definition) is 4. The van der Waals surface area contributed by atoms with Gasteiger partial charge in [-0.15, -0.1) is 0 Å². The number of aromatic nitrogens is 1. The Morgan fingerprint density at radius 2 is 1.92 bits per heavy atom. The minimum absolute atomic E-state index is 0.111. The fourth-order valence-corrected chi connectivity index (χ4v) is 5.20. The number of piperazine rings is 1. The molecule has 1 aliphatic heterocycles. The molecule has 0 atom stereocenters. The number of halogens is 1. The van der Waals surface area contributed by atoms with Crippen molar-refractivity contribution in [1.82, 2.24) is 15.2 Å². The van der Waals surface area contributed by atoms with Crippen LogP contribution in [0.4, 0.5) is 9.93 Å². The Hall–Kier alpha value is -1.34. The van der Waals surface area contributed by atoms with Gasteiger partial charge >= 0.3 is 6.03 Å². The molecule has 1 saturated heterocycles. The lowest BCUT2D eigenvalue weighted by Crippen LogP contribution is -2.53. The van der Waals surface area contributed by atoms with Crippen LogP contribution in [0.5, 0.6) is 0 Å². The first-order valence-electron chi connectivity index (χ1n) is 9.05. The van der Waals surface area contributed by atoms with E-state index in [1.807, 2.05) is 17.0 Å². The summed E-state index contributed by atoms with van der Waals surface area (Å²) < 4.78 is 2.28. The number of carbonyl (C=O) groups excluding carboxylic acids is 1. The van der Waals surface area contributed by atoms with Gasteiger partial charge in [-0.3, -0.25) is 0 Å². The van der Waals surface area contributed by atoms with Crippen LogP contribution >= 0.6 is 27.3 Å². The number of amides is 2. The lowest BCUT2D eigenvalue weighted by Gasteiger charge is -2.35. The lowest BCUT2D eigenvalue weighted by molar-refractivity contribution is 0.186. The number of carbonyl (C=O) groups is 1. The molecule has 4 rings (SSSR count). The number of hydrogen-bond donors (Lipinski definition) is 1. The van der Waals surface area contributed by atoms with E-state index in [2.05, 4.69) is 32.2 Å². The molecule has 0 radical (unpaired) electrons. The molecule has 2 amide bonds. The Labute approximate surface area is 160 Å². The quantitative estimate of drug-likeness (QED) is 0.787. The maximum atomic E-state index is 12.5. The average molecular weight is 423 g/mol. The van der Waals surface area contributed by atoms with Crippen LogP contribution in [0.15, 0.2) is 22.7 Å². The van der Waals surface area contributed by atoms with Crippen molar-refractivity contribution in [2.24, 2.45) is 0 Å². The average Bonchev–Trinajstić information content (AvgIpc) is 3.06. The zero-order valence-electron chi connectivity index (χ0n) is 14.2. The number of fused-ring (bicyclic) bond motifs is 1. The van der Waals surface area contributed by atoms with E-state index >= 15 is 0 Å². The third-order valence-corrected chi connectivity index (χ3v) is 6.68. The van der Waals surface area contributed by atoms with Crippen molar-refractivity contribution in [3.05, 3.63) is 22.7 Å². The van der Waals surface area contributed by atoms with E-state index < -0.39 is 0 Å². The molecule has 2 aromatic rings. The largest absolute Gasteiger partial charge is 0.345 e. The molecule has 1 saturated carbocycles. The molecule has 2 heterocycles. The first-order chi connectivity index (χ1) is 12.2. The van der Waals surface area contributed by atoms with Gasteiger partial charge in [0.25, 0.3) is 0 Å². The molecule has 5 nitrogen and oxygen atoms in total. The Morgan fingerprint density at radius 1 is 1.16 bits per heavy atom. The molecule has 2 aliphatic rings. The van der Waals surface area contributed by atoms with E-state index in [9.17, 15) is 4.79 Å². The molecule has 0 spiro atoms. The van der Waals surface area contributed by atoms with Crippen molar-refractivity contribution < 1.29 is 4.79 Å². The van der Waals surface area contributed by atoms with E-state index in [1.165, 1.54) is 24.0 Å². The molecule has 2 fully saturated rings. The Kier molecular flexibility index (Phi) is 5.12. The number of nitrogens with one attached hydrogen (secondary N) is 1. The zero-order chi connectivity index (χ0) is 17.2. The zero-order valence-corrected chi connectivity index (χ0v) is 16.6. The van der Waals surface area contributed by atoms with E-state index in [0.29, 0.717) is 6.04 Å². The number of benzene rings is 1. The molecule has 134 valence electrons. The molecule has 0 bridgehead atoms. The standard InChI is InChI=1S/C18H23BrN4OS/c19-13-6-7-15-16(12-13)25-18(21-15)23-10-8-22(9-11-23)17(24)20-14-4-2-1-3-5-14/h6-7,12,14H,1-5,8-11H2,(H,20,24). The highest BCUT2D eigenvalue weighted by Crippen LogP contribution is 2.31. The van der Waals surface area contributed by atoms with Crippen LogP contribution in [0.25, 0.3) is 10.2 Å². The number of urea groups is 1. The van der Waals surface area contributed by atoms with Gasteiger partial charge < -0.3 is 15.1 Å². The van der Waals surface area contributed by atoms with Crippen molar-refractivity contribution in [3.8, 4) is 0 Å². The van der Waals surface area contributed by atoms with Crippen LogP contribution < -0.4 is 10.2 Å². The van der Waals surface area contributed by atoms with Gasteiger partial charge in [0.05, 0.1) is 10.2 Å². The summed E-state index contributed by atoms with van der Waals surface area (Å²) in [6.07, 6.45) is 6.06. The van der Waals surface area contributed by atoms with Gasteiger partial charge in [-0.05, 0) is 31.0 Å². The van der Waals surface area contributed by atoms with Gasteiger partial charge in [-0.2, -0.15) is 0 Å². The molecule has 1 N–H and O–H groups in total. The highest BCUT2D eigenvalue weighted by Gasteiger charge is 2.25. The van der Waals surface area contributed by atoms with Crippen molar-refractivity contribution in [1.29, 1.82) is 0 Å². The predicted octanol–water partition coefficient (Wildman–Crippen LogP) is 4.22. The highest BCUT2D eigenvalue weighted by atomic mass is 79.9. The third-order valence-electron chi connectivity index (χ3n) is 5.11. The van der Waals surface area contributed by atoms with Gasteiger partial charge in [0.1, 0.15) is 0 Å². The number of rotatable bonds is 2. The number of thiazole rings is 1. The van der Waals surface area contributed by atoms with Crippen LogP contribution in [-0.4, -0.2) is 48.1 Å². The van der Waals surface area contributed by atoms with Crippen molar-refractivity contribution in [3.63, 3.8) is 0 Å². The summed E-state index contributed by atoms with van der Waals surface area (Å²) >= 11 is 5.24. The summed E-state index contributed by atoms with van der Waals surface area (Å²) in [5.74, 6) is 0. The lowest BCUT2D eigenvalue weighted by atomic mass is 9.96. The minimum atomic E-state index is 0.111. The first kappa shape index (κ1) is 17.1. The van der Waals surface area contributed by atoms with Crippen LogP contribution in [0.1, 0.15) is 32.1 Å². The van der Waals surface area contributed by atoms with Crippen LogP contribution in [0.2, 0.25) is 0 Å². The number of anilines is 1. The van der Waals surface area contributed by atoms with Crippen molar-refractivity contribution >= 4 is 48.6 Å². The SMILES string of the molecule is O=C(NC1CCCCC1)N1CCN(c2nc3ccc(Br)cc3s2)CC1. The molecular formula is C18H23BrN4OS. The van der Waals surface area contributed by atoms with Gasteiger partial charge in [0.2, 0.25) is 0 Å². The Balaban J connectivity index is 1.34. The molecular weight excluding hydrogens is 400 g/mol. The minimum Gasteiger partial charge on any atom is -0.345 e. The predicted molar refractivity (Wildman–Crippen MR) is 107 cm³/mol. The highest BCUT2D eigenvalue weighted by molar-refractivity contribution is 9.10. The van der Waals surface area contributed by atoms with Gasteiger partial charge in [0.15, 0.2) is 5.13 Å². The maximum absolute atomic E-state index is 12.5. The number of nitrogens with zero attached hydrogens (tertiary/aromatic N) is 3. The fourth-order valence-electron chi connectivity index (χ4n) is 3.64. The Morgan fingerprint density at radius 3 is 2.68 bits per heavy atom. The van der Waals surface area contributed by atoms with Crippen molar-refractivity contribution in [2.45, 2.75) is 38.1 Å².